The fourth-order valence-corrected chi connectivity index (χ4v) is 0.931. The first-order chi connectivity index (χ1) is 5.77. The highest BCUT2D eigenvalue weighted by Crippen LogP contribution is 2.29. The SMILES string of the molecule is Cc1ccnn1OC(=O)C1CC1. The van der Waals surface area contributed by atoms with E-state index >= 15 is 0 Å². The maximum Gasteiger partial charge on any atom is 0.338 e. The number of hydrogen-bond donors (Lipinski definition) is 0. The van der Waals surface area contributed by atoms with E-state index in [2.05, 4.69) is 5.10 Å². The highest BCUT2D eigenvalue weighted by molar-refractivity contribution is 5.75. The van der Waals surface area contributed by atoms with Crippen LogP contribution in [0.2, 0.25) is 0 Å². The molecule has 0 spiro atoms. The van der Waals surface area contributed by atoms with E-state index in [4.69, 9.17) is 4.84 Å². The van der Waals surface area contributed by atoms with Gasteiger partial charge in [-0.15, -0.1) is 5.10 Å². The van der Waals surface area contributed by atoms with Gasteiger partial charge in [-0.05, 0) is 25.8 Å². The highest BCUT2D eigenvalue weighted by Gasteiger charge is 2.32. The number of aromatic nitrogens is 2. The van der Waals surface area contributed by atoms with Gasteiger partial charge in [0.1, 0.15) is 0 Å². The van der Waals surface area contributed by atoms with E-state index in [1.165, 1.54) is 4.85 Å². The van der Waals surface area contributed by atoms with Crippen molar-refractivity contribution in [3.63, 3.8) is 0 Å². The molecule has 64 valence electrons. The van der Waals surface area contributed by atoms with Gasteiger partial charge in [-0.1, -0.05) is 4.85 Å². The van der Waals surface area contributed by atoms with E-state index in [1.807, 2.05) is 6.92 Å². The number of aryl methyl sites for hydroxylation is 1. The monoisotopic (exact) mass is 166 g/mol. The lowest BCUT2D eigenvalue weighted by molar-refractivity contribution is -0.147. The maximum atomic E-state index is 11.1. The van der Waals surface area contributed by atoms with Crippen molar-refractivity contribution in [1.82, 2.24) is 9.94 Å². The Balaban J connectivity index is 2.02. The summed E-state index contributed by atoms with van der Waals surface area (Å²) in [5.74, 6) is -0.0459. The van der Waals surface area contributed by atoms with Crippen LogP contribution in [0.15, 0.2) is 12.3 Å². The lowest BCUT2D eigenvalue weighted by Gasteiger charge is -2.02. The van der Waals surface area contributed by atoms with E-state index < -0.39 is 0 Å². The molecular formula is C8H10N2O2. The van der Waals surface area contributed by atoms with E-state index in [0.29, 0.717) is 0 Å². The zero-order valence-corrected chi connectivity index (χ0v) is 6.86. The molecule has 1 saturated carbocycles. The van der Waals surface area contributed by atoms with Gasteiger partial charge >= 0.3 is 5.97 Å². The number of carbonyl (C=O) groups is 1. The number of hydrogen-bond acceptors (Lipinski definition) is 3. The van der Waals surface area contributed by atoms with Gasteiger partial charge in [0.25, 0.3) is 0 Å². The molecule has 0 aromatic carbocycles. The molecule has 1 aromatic heterocycles. The zero-order chi connectivity index (χ0) is 8.55. The quantitative estimate of drug-likeness (QED) is 0.644. The molecule has 0 aliphatic heterocycles. The van der Waals surface area contributed by atoms with Crippen LogP contribution in [0.3, 0.4) is 0 Å². The van der Waals surface area contributed by atoms with Crippen LogP contribution in [0.4, 0.5) is 0 Å². The molecule has 1 fully saturated rings. The normalized spacial score (nSPS) is 16.1. The maximum absolute atomic E-state index is 11.1. The van der Waals surface area contributed by atoms with Crippen molar-refractivity contribution in [3.8, 4) is 0 Å². The molecule has 1 aliphatic carbocycles. The minimum Gasteiger partial charge on any atom is -0.319 e. The molecule has 12 heavy (non-hydrogen) atoms. The molecule has 1 heterocycles. The average Bonchev–Trinajstić information content (AvgIpc) is 2.80. The molecule has 2 rings (SSSR count). The third kappa shape index (κ3) is 1.32. The largest absolute Gasteiger partial charge is 0.338 e. The molecule has 4 nitrogen and oxygen atoms in total. The van der Waals surface area contributed by atoms with Crippen LogP contribution in [0.1, 0.15) is 18.5 Å². The second-order valence-electron chi connectivity index (χ2n) is 3.03. The van der Waals surface area contributed by atoms with Crippen LogP contribution < -0.4 is 4.84 Å². The van der Waals surface area contributed by atoms with Gasteiger partial charge < -0.3 is 4.84 Å². The predicted molar refractivity (Wildman–Crippen MR) is 41.3 cm³/mol. The van der Waals surface area contributed by atoms with E-state index in [9.17, 15) is 4.79 Å². The molecule has 0 amide bonds. The van der Waals surface area contributed by atoms with Crippen LogP contribution in [0, 0.1) is 12.8 Å². The molecule has 0 atom stereocenters. The van der Waals surface area contributed by atoms with E-state index in [-0.39, 0.29) is 11.9 Å². The van der Waals surface area contributed by atoms with Crippen molar-refractivity contribution in [2.45, 2.75) is 19.8 Å². The van der Waals surface area contributed by atoms with Crippen molar-refractivity contribution in [2.24, 2.45) is 5.92 Å². The van der Waals surface area contributed by atoms with Crippen molar-refractivity contribution in [2.75, 3.05) is 0 Å². The topological polar surface area (TPSA) is 44.1 Å². The standard InChI is InChI=1S/C8H10N2O2/c1-6-4-5-9-10(6)12-8(11)7-2-3-7/h4-5,7H,2-3H2,1H3. The van der Waals surface area contributed by atoms with Crippen LogP contribution in [0.25, 0.3) is 0 Å². The third-order valence-corrected chi connectivity index (χ3v) is 1.88. The molecule has 4 heteroatoms. The molecule has 0 bridgehead atoms. The van der Waals surface area contributed by atoms with Gasteiger partial charge in [0.15, 0.2) is 0 Å². The summed E-state index contributed by atoms with van der Waals surface area (Å²) in [4.78, 5) is 17.4. The summed E-state index contributed by atoms with van der Waals surface area (Å²) in [5, 5.41) is 3.84. The summed E-state index contributed by atoms with van der Waals surface area (Å²) in [6.45, 7) is 1.84. The first kappa shape index (κ1) is 7.34. The summed E-state index contributed by atoms with van der Waals surface area (Å²) in [6.07, 6.45) is 3.52. The van der Waals surface area contributed by atoms with Crippen LogP contribution in [0.5, 0.6) is 0 Å². The van der Waals surface area contributed by atoms with Gasteiger partial charge in [0, 0.05) is 0 Å². The van der Waals surface area contributed by atoms with Crippen molar-refractivity contribution < 1.29 is 9.63 Å². The van der Waals surface area contributed by atoms with Crippen molar-refractivity contribution >= 4 is 5.97 Å². The summed E-state index contributed by atoms with van der Waals surface area (Å²) in [7, 11) is 0. The smallest absolute Gasteiger partial charge is 0.319 e. The minimum atomic E-state index is -0.165. The Labute approximate surface area is 70.1 Å². The Morgan fingerprint density at radius 2 is 2.50 bits per heavy atom. The minimum absolute atomic E-state index is 0.119. The lowest BCUT2D eigenvalue weighted by atomic mass is 10.4. The highest BCUT2D eigenvalue weighted by atomic mass is 16.7. The Bertz CT molecular complexity index is 302. The fourth-order valence-electron chi connectivity index (χ4n) is 0.931. The zero-order valence-electron chi connectivity index (χ0n) is 6.86. The first-order valence-corrected chi connectivity index (χ1v) is 4.00. The average molecular weight is 166 g/mol. The Hall–Kier alpha value is -1.32. The first-order valence-electron chi connectivity index (χ1n) is 4.00. The summed E-state index contributed by atoms with van der Waals surface area (Å²) >= 11 is 0. The summed E-state index contributed by atoms with van der Waals surface area (Å²) in [5.41, 5.74) is 0.837. The Morgan fingerprint density at radius 1 is 1.75 bits per heavy atom. The Kier molecular flexibility index (Phi) is 1.60. The molecule has 0 saturated heterocycles. The second-order valence-corrected chi connectivity index (χ2v) is 3.03. The predicted octanol–water partition coefficient (Wildman–Crippen LogP) is 0.557. The number of rotatable bonds is 2. The third-order valence-electron chi connectivity index (χ3n) is 1.88. The molecule has 1 aliphatic rings. The summed E-state index contributed by atoms with van der Waals surface area (Å²) in [6, 6.07) is 1.79. The van der Waals surface area contributed by atoms with Gasteiger partial charge in [-0.2, -0.15) is 0 Å². The van der Waals surface area contributed by atoms with Gasteiger partial charge in [0.2, 0.25) is 0 Å². The van der Waals surface area contributed by atoms with Crippen LogP contribution >= 0.6 is 0 Å². The molecule has 0 unspecified atom stereocenters. The molecule has 1 aromatic rings. The molecule has 0 N–H and O–H groups in total. The van der Waals surface area contributed by atoms with Crippen molar-refractivity contribution in [3.05, 3.63) is 18.0 Å². The van der Waals surface area contributed by atoms with Gasteiger partial charge in [-0.3, -0.25) is 0 Å². The van der Waals surface area contributed by atoms with E-state index in [0.717, 1.165) is 18.5 Å². The fraction of sp³-hybridized carbons (Fsp3) is 0.500. The Morgan fingerprint density at radius 3 is 3.00 bits per heavy atom. The molecular weight excluding hydrogens is 156 g/mol. The van der Waals surface area contributed by atoms with Gasteiger partial charge in [0.05, 0.1) is 17.8 Å². The van der Waals surface area contributed by atoms with E-state index in [1.54, 1.807) is 12.3 Å². The van der Waals surface area contributed by atoms with Crippen LogP contribution in [-0.4, -0.2) is 15.9 Å². The van der Waals surface area contributed by atoms with Gasteiger partial charge in [-0.25, -0.2) is 4.79 Å². The number of carbonyl (C=O) groups excluding carboxylic acids is 1. The van der Waals surface area contributed by atoms with Crippen molar-refractivity contribution in [1.29, 1.82) is 0 Å². The summed E-state index contributed by atoms with van der Waals surface area (Å²) < 4.78 is 0. The van der Waals surface area contributed by atoms with Crippen LogP contribution in [-0.2, 0) is 4.79 Å². The second kappa shape index (κ2) is 2.62. The molecule has 0 radical (unpaired) electrons. The number of nitrogens with zero attached hydrogens (tertiary/aromatic N) is 2. The lowest BCUT2D eigenvalue weighted by Crippen LogP contribution is -2.22.